The zero-order valence-electron chi connectivity index (χ0n) is 15.3. The Morgan fingerprint density at radius 3 is 2.57 bits per heavy atom. The fraction of sp³-hybridized carbons (Fsp3) is 0.400. The largest absolute Gasteiger partial charge is 0.461 e. The summed E-state index contributed by atoms with van der Waals surface area (Å²) in [6.45, 7) is 2.44. The highest BCUT2D eigenvalue weighted by molar-refractivity contribution is 6.30. The molecule has 1 fully saturated rings. The molecule has 5 atom stereocenters. The van der Waals surface area contributed by atoms with Gasteiger partial charge in [0, 0.05) is 10.6 Å². The Morgan fingerprint density at radius 2 is 1.93 bits per heavy atom. The van der Waals surface area contributed by atoms with Gasteiger partial charge in [-0.2, -0.15) is 0 Å². The Bertz CT molecular complexity index is 859. The molecule has 0 unspecified atom stereocenters. The van der Waals surface area contributed by atoms with E-state index in [0.29, 0.717) is 27.5 Å². The Balaban J connectivity index is 1.87. The summed E-state index contributed by atoms with van der Waals surface area (Å²) in [5, 5.41) is 40.3. The molecule has 6 nitrogen and oxygen atoms in total. The van der Waals surface area contributed by atoms with Crippen molar-refractivity contribution in [2.24, 2.45) is 0 Å². The van der Waals surface area contributed by atoms with Crippen LogP contribution >= 0.6 is 11.6 Å². The molecule has 0 bridgehead atoms. The van der Waals surface area contributed by atoms with Gasteiger partial charge in [0.05, 0.1) is 6.61 Å². The molecule has 0 aromatic heterocycles. The van der Waals surface area contributed by atoms with Crippen LogP contribution in [0.15, 0.2) is 36.4 Å². The number of benzene rings is 2. The summed E-state index contributed by atoms with van der Waals surface area (Å²) < 4.78 is 25.3. The molecule has 28 heavy (non-hydrogen) atoms. The van der Waals surface area contributed by atoms with Gasteiger partial charge >= 0.3 is 0 Å². The van der Waals surface area contributed by atoms with Crippen molar-refractivity contribution in [3.8, 4) is 16.9 Å². The van der Waals surface area contributed by atoms with Crippen LogP contribution in [0.1, 0.15) is 12.5 Å². The Kier molecular flexibility index (Phi) is 5.95. The molecular formula is C20H22ClFO6. The quantitative estimate of drug-likeness (QED) is 0.613. The maximum Gasteiger partial charge on any atom is 0.231 e. The number of ether oxygens (including phenoxy) is 2. The predicted octanol–water partition coefficient (Wildman–Crippen LogP) is 2.02. The zero-order valence-corrected chi connectivity index (χ0v) is 16.1. The molecule has 8 heteroatoms. The van der Waals surface area contributed by atoms with Gasteiger partial charge in [-0.05, 0) is 55.3 Å². The molecular weight excluding hydrogens is 391 g/mol. The van der Waals surface area contributed by atoms with E-state index in [2.05, 4.69) is 0 Å². The van der Waals surface area contributed by atoms with Gasteiger partial charge in [-0.1, -0.05) is 17.7 Å². The van der Waals surface area contributed by atoms with Gasteiger partial charge in [0.15, 0.2) is 5.60 Å². The summed E-state index contributed by atoms with van der Waals surface area (Å²) in [7, 11) is 0. The lowest BCUT2D eigenvalue weighted by Gasteiger charge is -2.45. The third kappa shape index (κ3) is 3.87. The van der Waals surface area contributed by atoms with Crippen LogP contribution in [0, 0.1) is 12.7 Å². The standard InChI is InChI=1S/C20H22ClFO6/c1-10-7-11(13-8-12(21)4-5-14(13)22)3-6-15(10)27-19-20(2,26)18(25)17(24)16(9-23)28-19/h3-8,16-19,23-26H,9H2,1-2H3/t16-,17-,18+,19+,20+/m1/s1. The first-order chi connectivity index (χ1) is 13.1. The van der Waals surface area contributed by atoms with Crippen molar-refractivity contribution >= 4 is 11.6 Å². The second kappa shape index (κ2) is 7.94. The number of aliphatic hydroxyl groups excluding tert-OH is 3. The molecule has 0 radical (unpaired) electrons. The van der Waals surface area contributed by atoms with Gasteiger partial charge in [-0.3, -0.25) is 0 Å². The van der Waals surface area contributed by atoms with E-state index in [1.54, 1.807) is 25.1 Å². The minimum atomic E-state index is -1.92. The molecule has 152 valence electrons. The molecule has 2 aromatic carbocycles. The fourth-order valence-corrected chi connectivity index (χ4v) is 3.32. The predicted molar refractivity (Wildman–Crippen MR) is 101 cm³/mol. The highest BCUT2D eigenvalue weighted by Crippen LogP contribution is 2.34. The number of aliphatic hydroxyl groups is 4. The highest BCUT2D eigenvalue weighted by Gasteiger charge is 2.53. The van der Waals surface area contributed by atoms with Gasteiger partial charge in [0.25, 0.3) is 0 Å². The third-order valence-corrected chi connectivity index (χ3v) is 5.14. The summed E-state index contributed by atoms with van der Waals surface area (Å²) in [6.07, 6.45) is -5.49. The molecule has 0 aliphatic carbocycles. The topological polar surface area (TPSA) is 99.4 Å². The number of halogens is 2. The van der Waals surface area contributed by atoms with E-state index in [1.165, 1.54) is 25.1 Å². The maximum atomic E-state index is 14.1. The number of hydrogen-bond acceptors (Lipinski definition) is 6. The van der Waals surface area contributed by atoms with E-state index in [0.717, 1.165) is 0 Å². The van der Waals surface area contributed by atoms with Gasteiger partial charge in [-0.25, -0.2) is 4.39 Å². The van der Waals surface area contributed by atoms with Gasteiger partial charge in [-0.15, -0.1) is 0 Å². The Hall–Kier alpha value is -1.74. The van der Waals surface area contributed by atoms with Crippen molar-refractivity contribution in [2.45, 2.75) is 44.1 Å². The summed E-state index contributed by atoms with van der Waals surface area (Å²) in [6, 6.07) is 9.16. The van der Waals surface area contributed by atoms with E-state index in [-0.39, 0.29) is 0 Å². The van der Waals surface area contributed by atoms with Crippen molar-refractivity contribution in [3.63, 3.8) is 0 Å². The summed E-state index contributed by atoms with van der Waals surface area (Å²) in [4.78, 5) is 0. The zero-order chi connectivity index (χ0) is 20.6. The van der Waals surface area contributed by atoms with E-state index < -0.39 is 42.6 Å². The summed E-state index contributed by atoms with van der Waals surface area (Å²) in [5.74, 6) is -0.0874. The van der Waals surface area contributed by atoms with Gasteiger partial charge < -0.3 is 29.9 Å². The van der Waals surface area contributed by atoms with Crippen molar-refractivity contribution in [2.75, 3.05) is 6.61 Å². The van der Waals surface area contributed by atoms with Crippen LogP contribution in [-0.4, -0.2) is 57.2 Å². The lowest BCUT2D eigenvalue weighted by molar-refractivity contribution is -0.314. The van der Waals surface area contributed by atoms with Crippen molar-refractivity contribution in [1.29, 1.82) is 0 Å². The second-order valence-electron chi connectivity index (χ2n) is 7.07. The summed E-state index contributed by atoms with van der Waals surface area (Å²) >= 11 is 5.95. The van der Waals surface area contributed by atoms with Crippen molar-refractivity contribution in [3.05, 3.63) is 52.8 Å². The van der Waals surface area contributed by atoms with Crippen LogP contribution in [0.5, 0.6) is 5.75 Å². The second-order valence-corrected chi connectivity index (χ2v) is 7.51. The minimum absolute atomic E-state index is 0.330. The molecule has 2 aromatic rings. The third-order valence-electron chi connectivity index (χ3n) is 4.91. The average molecular weight is 413 g/mol. The molecule has 1 aliphatic heterocycles. The Labute approximate surface area is 166 Å². The van der Waals surface area contributed by atoms with Crippen molar-refractivity contribution in [1.82, 2.24) is 0 Å². The lowest BCUT2D eigenvalue weighted by Crippen LogP contribution is -2.66. The molecule has 0 spiro atoms. The molecule has 3 rings (SSSR count). The van der Waals surface area contributed by atoms with Gasteiger partial charge in [0.2, 0.25) is 6.29 Å². The normalized spacial score (nSPS) is 30.3. The monoisotopic (exact) mass is 412 g/mol. The number of rotatable bonds is 4. The summed E-state index contributed by atoms with van der Waals surface area (Å²) in [5.41, 5.74) is -0.376. The van der Waals surface area contributed by atoms with E-state index in [9.17, 15) is 24.8 Å². The van der Waals surface area contributed by atoms with Crippen LogP contribution in [0.3, 0.4) is 0 Å². The first-order valence-electron chi connectivity index (χ1n) is 8.72. The van der Waals surface area contributed by atoms with E-state index in [4.69, 9.17) is 21.1 Å². The van der Waals surface area contributed by atoms with Crippen LogP contribution in [0.2, 0.25) is 5.02 Å². The molecule has 0 saturated carbocycles. The highest BCUT2D eigenvalue weighted by atomic mass is 35.5. The molecule has 4 N–H and O–H groups in total. The SMILES string of the molecule is Cc1cc(-c2cc(Cl)ccc2F)ccc1O[C@H]1O[C@H](CO)[C@@H](O)[C@H](O)[C@]1(C)O. The minimum Gasteiger partial charge on any atom is -0.461 e. The van der Waals surface area contributed by atoms with Crippen molar-refractivity contribution < 1.29 is 34.3 Å². The maximum absolute atomic E-state index is 14.1. The van der Waals surface area contributed by atoms with E-state index >= 15 is 0 Å². The molecule has 1 saturated heterocycles. The molecule has 1 aliphatic rings. The number of aryl methyl sites for hydroxylation is 1. The molecule has 0 amide bonds. The smallest absolute Gasteiger partial charge is 0.231 e. The lowest BCUT2D eigenvalue weighted by atomic mass is 9.88. The molecule has 1 heterocycles. The van der Waals surface area contributed by atoms with Crippen LogP contribution in [-0.2, 0) is 4.74 Å². The van der Waals surface area contributed by atoms with E-state index in [1.807, 2.05) is 0 Å². The van der Waals surface area contributed by atoms with Crippen LogP contribution < -0.4 is 4.74 Å². The van der Waals surface area contributed by atoms with Crippen LogP contribution in [0.25, 0.3) is 11.1 Å². The van der Waals surface area contributed by atoms with Gasteiger partial charge in [0.1, 0.15) is 29.9 Å². The first kappa shape index (κ1) is 21.0. The Morgan fingerprint density at radius 1 is 1.21 bits per heavy atom. The first-order valence-corrected chi connectivity index (χ1v) is 9.10. The number of hydrogen-bond donors (Lipinski definition) is 4. The fourth-order valence-electron chi connectivity index (χ4n) is 3.15. The average Bonchev–Trinajstić information content (AvgIpc) is 2.65. The van der Waals surface area contributed by atoms with Crippen LogP contribution in [0.4, 0.5) is 4.39 Å².